The molecule has 0 aromatic heterocycles. The van der Waals surface area contributed by atoms with Crippen molar-refractivity contribution >= 4 is 28.9 Å². The number of nitrogens with one attached hydrogen (secondary N) is 2. The summed E-state index contributed by atoms with van der Waals surface area (Å²) in [5.74, 6) is -0.120. The van der Waals surface area contributed by atoms with Crippen molar-refractivity contribution in [1.82, 2.24) is 5.32 Å². The molecule has 0 spiro atoms. The van der Waals surface area contributed by atoms with Gasteiger partial charge in [0.15, 0.2) is 6.17 Å². The highest BCUT2D eigenvalue weighted by atomic mass is 35.5. The lowest BCUT2D eigenvalue weighted by Crippen LogP contribution is -2.45. The summed E-state index contributed by atoms with van der Waals surface area (Å²) in [6, 6.07) is 15.8. The molecule has 1 heterocycles. The molecule has 1 saturated carbocycles. The summed E-state index contributed by atoms with van der Waals surface area (Å²) in [5, 5.41) is 7.10. The summed E-state index contributed by atoms with van der Waals surface area (Å²) in [6.07, 6.45) is 5.28. The molecular formula is C21H22ClN3O. The molecule has 1 aliphatic carbocycles. The number of hydrogen-bond acceptors (Lipinski definition) is 3. The number of benzodiazepines with no additional fused rings is 1. The number of nitrogens with zero attached hydrogens (tertiary/aromatic N) is 1. The van der Waals surface area contributed by atoms with E-state index >= 15 is 0 Å². The second kappa shape index (κ2) is 7.60. The monoisotopic (exact) mass is 367 g/mol. The van der Waals surface area contributed by atoms with Crippen molar-refractivity contribution in [3.63, 3.8) is 0 Å². The number of benzene rings is 2. The number of hydrogen-bond donors (Lipinski definition) is 2. The van der Waals surface area contributed by atoms with Gasteiger partial charge in [0.1, 0.15) is 0 Å². The van der Waals surface area contributed by atoms with E-state index in [4.69, 9.17) is 16.6 Å². The third-order valence-electron chi connectivity index (χ3n) is 5.05. The molecule has 0 saturated heterocycles. The van der Waals surface area contributed by atoms with E-state index in [0.717, 1.165) is 35.4 Å². The molecule has 2 aliphatic rings. The van der Waals surface area contributed by atoms with Gasteiger partial charge in [-0.1, -0.05) is 61.2 Å². The Labute approximate surface area is 158 Å². The number of carbonyl (C=O) groups excluding carboxylic acids is 1. The van der Waals surface area contributed by atoms with Gasteiger partial charge in [0.05, 0.1) is 11.4 Å². The van der Waals surface area contributed by atoms with Crippen LogP contribution in [0.3, 0.4) is 0 Å². The predicted octanol–water partition coefficient (Wildman–Crippen LogP) is 4.38. The zero-order valence-electron chi connectivity index (χ0n) is 14.5. The highest BCUT2D eigenvalue weighted by molar-refractivity contribution is 6.32. The smallest absolute Gasteiger partial charge is 0.263 e. The van der Waals surface area contributed by atoms with Crippen LogP contribution in [0.4, 0.5) is 5.69 Å². The largest absolute Gasteiger partial charge is 0.322 e. The minimum absolute atomic E-state index is 0.120. The molecule has 1 unspecified atom stereocenters. The van der Waals surface area contributed by atoms with E-state index in [2.05, 4.69) is 10.6 Å². The maximum absolute atomic E-state index is 12.8. The Hall–Kier alpha value is -2.17. The summed E-state index contributed by atoms with van der Waals surface area (Å²) >= 11 is 6.23. The number of carbonyl (C=O) groups is 1. The molecule has 2 aromatic rings. The first-order chi connectivity index (χ1) is 12.7. The fraction of sp³-hybridized carbons (Fsp3) is 0.333. The number of rotatable bonds is 3. The first-order valence-electron chi connectivity index (χ1n) is 9.21. The molecule has 4 rings (SSSR count). The minimum atomic E-state index is -0.598. The van der Waals surface area contributed by atoms with Gasteiger partial charge < -0.3 is 5.32 Å². The molecule has 4 nitrogen and oxygen atoms in total. The fourth-order valence-corrected chi connectivity index (χ4v) is 3.88. The van der Waals surface area contributed by atoms with Crippen LogP contribution >= 0.6 is 11.6 Å². The zero-order valence-corrected chi connectivity index (χ0v) is 15.3. The second-order valence-corrected chi connectivity index (χ2v) is 7.36. The van der Waals surface area contributed by atoms with Crippen molar-refractivity contribution < 1.29 is 4.79 Å². The summed E-state index contributed by atoms with van der Waals surface area (Å²) in [5.41, 5.74) is 3.36. The van der Waals surface area contributed by atoms with Crippen molar-refractivity contribution in [2.45, 2.75) is 44.3 Å². The Kier molecular flexibility index (Phi) is 5.05. The first kappa shape index (κ1) is 17.3. The molecule has 2 N–H and O–H groups in total. The van der Waals surface area contributed by atoms with Crippen LogP contribution in [0.5, 0.6) is 0 Å². The minimum Gasteiger partial charge on any atom is -0.322 e. The third kappa shape index (κ3) is 3.67. The SMILES string of the molecule is O=C1Nc2ccc(Cl)cc2C(c2ccccc2)=NC1NC1CCCCC1. The fourth-order valence-electron chi connectivity index (χ4n) is 3.71. The number of fused-ring (bicyclic) bond motifs is 1. The Morgan fingerprint density at radius 2 is 1.81 bits per heavy atom. The van der Waals surface area contributed by atoms with Crippen molar-refractivity contribution in [3.8, 4) is 0 Å². The van der Waals surface area contributed by atoms with Gasteiger partial charge in [-0.3, -0.25) is 15.1 Å². The Morgan fingerprint density at radius 1 is 1.04 bits per heavy atom. The number of halogens is 1. The molecule has 0 radical (unpaired) electrons. The zero-order chi connectivity index (χ0) is 17.9. The highest BCUT2D eigenvalue weighted by Crippen LogP contribution is 2.27. The van der Waals surface area contributed by atoms with E-state index in [0.29, 0.717) is 11.1 Å². The molecular weight excluding hydrogens is 346 g/mol. The van der Waals surface area contributed by atoms with Crippen molar-refractivity contribution in [2.75, 3.05) is 5.32 Å². The molecule has 1 fully saturated rings. The van der Waals surface area contributed by atoms with Gasteiger partial charge in [0.25, 0.3) is 5.91 Å². The van der Waals surface area contributed by atoms with E-state index in [1.165, 1.54) is 19.3 Å². The maximum atomic E-state index is 12.8. The second-order valence-electron chi connectivity index (χ2n) is 6.93. The molecule has 134 valence electrons. The molecule has 26 heavy (non-hydrogen) atoms. The normalized spacial score (nSPS) is 20.7. The van der Waals surface area contributed by atoms with Crippen LogP contribution in [0.15, 0.2) is 53.5 Å². The lowest BCUT2D eigenvalue weighted by Gasteiger charge is -2.25. The van der Waals surface area contributed by atoms with Crippen molar-refractivity contribution in [1.29, 1.82) is 0 Å². The van der Waals surface area contributed by atoms with Crippen LogP contribution in [0, 0.1) is 0 Å². The molecule has 0 bridgehead atoms. The van der Waals surface area contributed by atoms with Crippen molar-refractivity contribution in [2.24, 2.45) is 4.99 Å². The first-order valence-corrected chi connectivity index (χ1v) is 9.58. The van der Waals surface area contributed by atoms with Gasteiger partial charge in [0.2, 0.25) is 0 Å². The highest BCUT2D eigenvalue weighted by Gasteiger charge is 2.28. The van der Waals surface area contributed by atoms with Crippen LogP contribution < -0.4 is 10.6 Å². The van der Waals surface area contributed by atoms with Gasteiger partial charge in [-0.05, 0) is 31.0 Å². The Balaban J connectivity index is 1.75. The van der Waals surface area contributed by atoms with Gasteiger partial charge in [-0.25, -0.2) is 0 Å². The van der Waals surface area contributed by atoms with Gasteiger partial charge in [-0.2, -0.15) is 0 Å². The maximum Gasteiger partial charge on any atom is 0.263 e. The molecule has 1 amide bonds. The average Bonchev–Trinajstić information content (AvgIpc) is 2.80. The van der Waals surface area contributed by atoms with Crippen LogP contribution in [-0.2, 0) is 4.79 Å². The number of amides is 1. The van der Waals surface area contributed by atoms with E-state index in [1.807, 2.05) is 42.5 Å². The third-order valence-corrected chi connectivity index (χ3v) is 5.28. The van der Waals surface area contributed by atoms with Crippen LogP contribution in [0.25, 0.3) is 0 Å². The topological polar surface area (TPSA) is 53.5 Å². The van der Waals surface area contributed by atoms with Gasteiger partial charge in [0, 0.05) is 22.2 Å². The molecule has 2 aromatic carbocycles. The Bertz CT molecular complexity index is 828. The predicted molar refractivity (Wildman–Crippen MR) is 106 cm³/mol. The van der Waals surface area contributed by atoms with Gasteiger partial charge in [-0.15, -0.1) is 0 Å². The molecule has 5 heteroatoms. The quantitative estimate of drug-likeness (QED) is 0.845. The summed E-state index contributed by atoms with van der Waals surface area (Å²) in [6.45, 7) is 0. The standard InChI is InChI=1S/C21H22ClN3O/c22-15-11-12-18-17(13-15)19(14-7-3-1-4-8-14)25-20(21(26)24-18)23-16-9-5-2-6-10-16/h1,3-4,7-8,11-13,16,20,23H,2,5-6,9-10H2,(H,24,26). The van der Waals surface area contributed by atoms with Crippen LogP contribution in [0.1, 0.15) is 43.2 Å². The lowest BCUT2D eigenvalue weighted by molar-refractivity contribution is -0.118. The summed E-state index contributed by atoms with van der Waals surface area (Å²) < 4.78 is 0. The lowest BCUT2D eigenvalue weighted by atomic mass is 9.95. The number of aliphatic imine (C=N–C) groups is 1. The average molecular weight is 368 g/mol. The van der Waals surface area contributed by atoms with Gasteiger partial charge >= 0.3 is 0 Å². The van der Waals surface area contributed by atoms with E-state index < -0.39 is 6.17 Å². The van der Waals surface area contributed by atoms with E-state index in [-0.39, 0.29) is 5.91 Å². The number of anilines is 1. The van der Waals surface area contributed by atoms with E-state index in [1.54, 1.807) is 6.07 Å². The molecule has 1 aliphatic heterocycles. The molecule has 1 atom stereocenters. The summed E-state index contributed by atoms with van der Waals surface area (Å²) in [7, 11) is 0. The van der Waals surface area contributed by atoms with Crippen LogP contribution in [-0.4, -0.2) is 23.8 Å². The van der Waals surface area contributed by atoms with Crippen LogP contribution in [0.2, 0.25) is 5.02 Å². The van der Waals surface area contributed by atoms with Crippen molar-refractivity contribution in [3.05, 3.63) is 64.7 Å². The Morgan fingerprint density at radius 3 is 2.58 bits per heavy atom. The van der Waals surface area contributed by atoms with E-state index in [9.17, 15) is 4.79 Å². The summed E-state index contributed by atoms with van der Waals surface area (Å²) in [4.78, 5) is 17.6.